The highest BCUT2D eigenvalue weighted by Crippen LogP contribution is 2.36. The summed E-state index contributed by atoms with van der Waals surface area (Å²) in [6.45, 7) is 0.709. The van der Waals surface area contributed by atoms with E-state index >= 15 is 0 Å². The lowest BCUT2D eigenvalue weighted by Crippen LogP contribution is -2.39. The van der Waals surface area contributed by atoms with Gasteiger partial charge in [-0.1, -0.05) is 12.1 Å². The molecule has 1 aliphatic heterocycles. The minimum absolute atomic E-state index is 0.0983. The molecule has 4 rings (SSSR count). The Kier molecular flexibility index (Phi) is 6.48. The Balaban J connectivity index is 1.62. The number of hydrogen-bond acceptors (Lipinski definition) is 5. The summed E-state index contributed by atoms with van der Waals surface area (Å²) in [4.78, 5) is 26.5. The Morgan fingerprint density at radius 1 is 1.19 bits per heavy atom. The third kappa shape index (κ3) is 4.79. The van der Waals surface area contributed by atoms with Crippen LogP contribution in [0.1, 0.15) is 43.0 Å². The lowest BCUT2D eigenvalue weighted by molar-refractivity contribution is -0.135. The molecule has 1 atom stereocenters. The van der Waals surface area contributed by atoms with Crippen molar-refractivity contribution >= 4 is 11.9 Å². The van der Waals surface area contributed by atoms with E-state index in [9.17, 15) is 9.18 Å². The number of carbonyl (C=O) groups excluding carboxylic acids is 1. The van der Waals surface area contributed by atoms with Gasteiger partial charge in [-0.05, 0) is 43.4 Å². The molecule has 8 heteroatoms. The molecule has 2 aromatic heterocycles. The van der Waals surface area contributed by atoms with E-state index in [1.807, 2.05) is 43.3 Å². The molecule has 3 aromatic rings. The molecule has 0 N–H and O–H groups in total. The Labute approximate surface area is 187 Å². The summed E-state index contributed by atoms with van der Waals surface area (Å²) in [5.74, 6) is 0.456. The molecule has 0 aliphatic carbocycles. The number of halogens is 1. The fraction of sp³-hybridized carbons (Fsp3) is 0.417. The van der Waals surface area contributed by atoms with E-state index in [-0.39, 0.29) is 17.8 Å². The largest absolute Gasteiger partial charge is 0.347 e. The molecule has 7 nitrogen and oxygen atoms in total. The molecular formula is C24H29FN6O. The standard InChI is InChI=1S/C24H29FN6O/c1-29(2)24-26-15-20(18-14-27-30(3)16-18)23(28-24)21-6-4-5-13-31(21)22(32)12-9-17-7-10-19(25)11-8-17/h7-8,10-11,14-16,21H,4-6,9,12-13H2,1-3H3/t21-/m1/s1. The van der Waals surface area contributed by atoms with Crippen molar-refractivity contribution in [2.45, 2.75) is 38.1 Å². The number of hydrogen-bond donors (Lipinski definition) is 0. The second kappa shape index (κ2) is 9.46. The van der Waals surface area contributed by atoms with Crippen molar-refractivity contribution in [3.8, 4) is 11.1 Å². The average molecular weight is 437 g/mol. The van der Waals surface area contributed by atoms with E-state index in [1.54, 1.807) is 23.0 Å². The molecular weight excluding hydrogens is 407 g/mol. The molecule has 0 saturated carbocycles. The second-order valence-electron chi connectivity index (χ2n) is 8.49. The van der Waals surface area contributed by atoms with Gasteiger partial charge in [-0.3, -0.25) is 9.48 Å². The van der Waals surface area contributed by atoms with Crippen LogP contribution in [0.2, 0.25) is 0 Å². The summed E-state index contributed by atoms with van der Waals surface area (Å²) >= 11 is 0. The van der Waals surface area contributed by atoms with Gasteiger partial charge in [0.1, 0.15) is 5.82 Å². The van der Waals surface area contributed by atoms with Crippen LogP contribution in [-0.4, -0.2) is 51.2 Å². The van der Waals surface area contributed by atoms with E-state index in [1.165, 1.54) is 12.1 Å². The van der Waals surface area contributed by atoms with Crippen molar-refractivity contribution in [1.82, 2.24) is 24.6 Å². The fourth-order valence-electron chi connectivity index (χ4n) is 4.20. The normalized spacial score (nSPS) is 16.2. The molecule has 0 bridgehead atoms. The van der Waals surface area contributed by atoms with Gasteiger partial charge in [-0.15, -0.1) is 0 Å². The Morgan fingerprint density at radius 2 is 1.97 bits per heavy atom. The summed E-state index contributed by atoms with van der Waals surface area (Å²) < 4.78 is 14.9. The monoisotopic (exact) mass is 436 g/mol. The van der Waals surface area contributed by atoms with E-state index in [2.05, 4.69) is 10.1 Å². The number of likely N-dealkylation sites (tertiary alicyclic amines) is 1. The lowest BCUT2D eigenvalue weighted by Gasteiger charge is -2.36. The first-order valence-corrected chi connectivity index (χ1v) is 11.0. The van der Waals surface area contributed by atoms with Crippen LogP contribution in [0.4, 0.5) is 10.3 Å². The number of carbonyl (C=O) groups is 1. The van der Waals surface area contributed by atoms with Crippen molar-refractivity contribution < 1.29 is 9.18 Å². The van der Waals surface area contributed by atoms with Crippen LogP contribution < -0.4 is 4.90 Å². The first kappa shape index (κ1) is 21.9. The zero-order chi connectivity index (χ0) is 22.7. The van der Waals surface area contributed by atoms with Crippen molar-refractivity contribution in [3.05, 3.63) is 59.9 Å². The third-order valence-corrected chi connectivity index (χ3v) is 5.90. The fourth-order valence-corrected chi connectivity index (χ4v) is 4.20. The quantitative estimate of drug-likeness (QED) is 0.589. The first-order chi connectivity index (χ1) is 15.4. The van der Waals surface area contributed by atoms with E-state index in [4.69, 9.17) is 4.98 Å². The predicted octanol–water partition coefficient (Wildman–Crippen LogP) is 3.77. The Hall–Kier alpha value is -3.29. The summed E-state index contributed by atoms with van der Waals surface area (Å²) in [7, 11) is 5.70. The number of piperidine rings is 1. The molecule has 3 heterocycles. The maximum Gasteiger partial charge on any atom is 0.225 e. The van der Waals surface area contributed by atoms with Gasteiger partial charge in [0.05, 0.1) is 17.9 Å². The topological polar surface area (TPSA) is 67.2 Å². The maximum absolute atomic E-state index is 13.3. The summed E-state index contributed by atoms with van der Waals surface area (Å²) in [5.41, 5.74) is 3.68. The van der Waals surface area contributed by atoms with Crippen LogP contribution in [0, 0.1) is 5.82 Å². The van der Waals surface area contributed by atoms with Crippen LogP contribution in [0.5, 0.6) is 0 Å². The smallest absolute Gasteiger partial charge is 0.225 e. The first-order valence-electron chi connectivity index (χ1n) is 11.0. The molecule has 32 heavy (non-hydrogen) atoms. The SMILES string of the molecule is CN(C)c1ncc(-c2cnn(C)c2)c([C@H]2CCCCN2C(=O)CCc2ccc(F)cc2)n1. The average Bonchev–Trinajstić information content (AvgIpc) is 3.24. The van der Waals surface area contributed by atoms with Crippen LogP contribution in [0.25, 0.3) is 11.1 Å². The zero-order valence-electron chi connectivity index (χ0n) is 18.8. The van der Waals surface area contributed by atoms with Gasteiger partial charge in [0.25, 0.3) is 0 Å². The van der Waals surface area contributed by atoms with Gasteiger partial charge in [0, 0.05) is 57.6 Å². The minimum Gasteiger partial charge on any atom is -0.347 e. The van der Waals surface area contributed by atoms with Crippen molar-refractivity contribution in [2.75, 3.05) is 25.5 Å². The van der Waals surface area contributed by atoms with E-state index in [0.29, 0.717) is 25.3 Å². The number of rotatable bonds is 6. The van der Waals surface area contributed by atoms with Crippen LogP contribution in [0.15, 0.2) is 42.9 Å². The van der Waals surface area contributed by atoms with E-state index in [0.717, 1.165) is 41.6 Å². The van der Waals surface area contributed by atoms with Crippen molar-refractivity contribution in [1.29, 1.82) is 0 Å². The molecule has 1 saturated heterocycles. The van der Waals surface area contributed by atoms with Gasteiger partial charge in [-0.25, -0.2) is 14.4 Å². The highest BCUT2D eigenvalue weighted by Gasteiger charge is 2.31. The third-order valence-electron chi connectivity index (χ3n) is 5.90. The van der Waals surface area contributed by atoms with Crippen LogP contribution in [-0.2, 0) is 18.3 Å². The van der Waals surface area contributed by atoms with Gasteiger partial charge >= 0.3 is 0 Å². The second-order valence-corrected chi connectivity index (χ2v) is 8.49. The molecule has 1 fully saturated rings. The van der Waals surface area contributed by atoms with Gasteiger partial charge in [0.15, 0.2) is 0 Å². The molecule has 0 radical (unpaired) electrons. The number of nitrogens with zero attached hydrogens (tertiary/aromatic N) is 6. The van der Waals surface area contributed by atoms with E-state index < -0.39 is 0 Å². The maximum atomic E-state index is 13.3. The van der Waals surface area contributed by atoms with Crippen LogP contribution in [0.3, 0.4) is 0 Å². The Morgan fingerprint density at radius 3 is 2.66 bits per heavy atom. The highest BCUT2D eigenvalue weighted by molar-refractivity contribution is 5.78. The number of benzene rings is 1. The molecule has 0 spiro atoms. The summed E-state index contributed by atoms with van der Waals surface area (Å²) in [6, 6.07) is 6.25. The highest BCUT2D eigenvalue weighted by atomic mass is 19.1. The molecule has 1 amide bonds. The number of amides is 1. The van der Waals surface area contributed by atoms with Gasteiger partial charge < -0.3 is 9.80 Å². The van der Waals surface area contributed by atoms with Gasteiger partial charge in [0.2, 0.25) is 11.9 Å². The Bertz CT molecular complexity index is 1080. The zero-order valence-corrected chi connectivity index (χ0v) is 18.8. The number of aromatic nitrogens is 4. The predicted molar refractivity (Wildman–Crippen MR) is 122 cm³/mol. The number of aryl methyl sites for hydroxylation is 2. The molecule has 0 unspecified atom stereocenters. The number of anilines is 1. The summed E-state index contributed by atoms with van der Waals surface area (Å²) in [6.07, 6.45) is 9.44. The van der Waals surface area contributed by atoms with Crippen molar-refractivity contribution in [3.63, 3.8) is 0 Å². The summed E-state index contributed by atoms with van der Waals surface area (Å²) in [5, 5.41) is 4.30. The molecule has 1 aliphatic rings. The van der Waals surface area contributed by atoms with Crippen molar-refractivity contribution in [2.24, 2.45) is 7.05 Å². The van der Waals surface area contributed by atoms with Gasteiger partial charge in [-0.2, -0.15) is 5.10 Å². The molecule has 1 aromatic carbocycles. The lowest BCUT2D eigenvalue weighted by atomic mass is 9.94. The van der Waals surface area contributed by atoms with Crippen LogP contribution >= 0.6 is 0 Å². The minimum atomic E-state index is -0.264. The molecule has 168 valence electrons.